The highest BCUT2D eigenvalue weighted by Gasteiger charge is 2.72. The number of carbonyl (C=O) groups is 4. The average molecular weight is 577 g/mol. The van der Waals surface area contributed by atoms with Crippen LogP contribution in [0.1, 0.15) is 44.4 Å². The Labute approximate surface area is 235 Å². The van der Waals surface area contributed by atoms with Crippen molar-refractivity contribution < 1.29 is 52.7 Å². The van der Waals surface area contributed by atoms with Gasteiger partial charge in [0.1, 0.15) is 12.4 Å². The SMILES string of the molecule is CC(=O)OCC12CO[C@@](c3ccc(Cl)c(Cc4ccc(O)cc4)c3)(O1)C(OC(C)=O)C(OC(C)=O)C2OC(C)=O. The van der Waals surface area contributed by atoms with Crippen LogP contribution in [0.15, 0.2) is 42.5 Å². The minimum absolute atomic E-state index is 0.115. The maximum absolute atomic E-state index is 12.3. The lowest BCUT2D eigenvalue weighted by atomic mass is 9.83. The molecular weight excluding hydrogens is 548 g/mol. The van der Waals surface area contributed by atoms with E-state index in [0.29, 0.717) is 22.6 Å². The predicted octanol–water partition coefficient (Wildman–Crippen LogP) is 2.95. The Morgan fingerprint density at radius 3 is 2.12 bits per heavy atom. The third kappa shape index (κ3) is 5.91. The van der Waals surface area contributed by atoms with Crippen molar-refractivity contribution in [3.8, 4) is 5.75 Å². The maximum Gasteiger partial charge on any atom is 0.303 e. The summed E-state index contributed by atoms with van der Waals surface area (Å²) in [5.74, 6) is -4.61. The molecule has 2 bridgehead atoms. The van der Waals surface area contributed by atoms with Gasteiger partial charge in [-0.05, 0) is 41.8 Å². The molecule has 0 aromatic heterocycles. The highest BCUT2D eigenvalue weighted by molar-refractivity contribution is 6.31. The third-order valence-electron chi connectivity index (χ3n) is 6.56. The number of aromatic hydroxyl groups is 1. The first kappa shape index (κ1) is 29.3. The maximum atomic E-state index is 12.3. The Kier molecular flexibility index (Phi) is 8.38. The number of esters is 4. The number of fused-ring (bicyclic) bond motifs is 2. The van der Waals surface area contributed by atoms with Crippen LogP contribution in [-0.2, 0) is 59.8 Å². The van der Waals surface area contributed by atoms with Crippen molar-refractivity contribution in [1.82, 2.24) is 0 Å². The molecule has 12 heteroatoms. The van der Waals surface area contributed by atoms with Gasteiger partial charge in [-0.3, -0.25) is 19.2 Å². The van der Waals surface area contributed by atoms with Crippen molar-refractivity contribution in [2.75, 3.05) is 13.2 Å². The number of phenols is 1. The van der Waals surface area contributed by atoms with E-state index in [1.54, 1.807) is 42.5 Å². The molecule has 2 aliphatic rings. The zero-order chi connectivity index (χ0) is 29.2. The second-order valence-corrected chi connectivity index (χ2v) is 10.1. The van der Waals surface area contributed by atoms with Gasteiger partial charge in [-0.25, -0.2) is 0 Å². The normalized spacial score (nSPS) is 27.0. The molecule has 4 unspecified atom stereocenters. The lowest BCUT2D eigenvalue weighted by Crippen LogP contribution is -2.68. The van der Waals surface area contributed by atoms with E-state index >= 15 is 0 Å². The molecule has 2 aliphatic heterocycles. The zero-order valence-corrected chi connectivity index (χ0v) is 23.1. The molecule has 5 atom stereocenters. The molecule has 1 N–H and O–H groups in total. The minimum atomic E-state index is -1.86. The van der Waals surface area contributed by atoms with Crippen molar-refractivity contribution in [3.05, 3.63) is 64.2 Å². The van der Waals surface area contributed by atoms with E-state index in [2.05, 4.69) is 0 Å². The van der Waals surface area contributed by atoms with Gasteiger partial charge in [-0.15, -0.1) is 0 Å². The molecule has 40 heavy (non-hydrogen) atoms. The van der Waals surface area contributed by atoms with Gasteiger partial charge in [0.25, 0.3) is 0 Å². The fourth-order valence-electron chi connectivity index (χ4n) is 4.98. The Balaban J connectivity index is 1.86. The van der Waals surface area contributed by atoms with Crippen LogP contribution in [0.2, 0.25) is 5.02 Å². The van der Waals surface area contributed by atoms with Gasteiger partial charge in [0.2, 0.25) is 11.9 Å². The van der Waals surface area contributed by atoms with Gasteiger partial charge in [0.05, 0.1) is 6.61 Å². The van der Waals surface area contributed by atoms with E-state index < -0.39 is 60.2 Å². The topological polar surface area (TPSA) is 144 Å². The van der Waals surface area contributed by atoms with Crippen molar-refractivity contribution in [3.63, 3.8) is 0 Å². The van der Waals surface area contributed by atoms with E-state index in [9.17, 15) is 24.3 Å². The molecule has 2 fully saturated rings. The average Bonchev–Trinajstić information content (AvgIpc) is 3.23. The summed E-state index contributed by atoms with van der Waals surface area (Å²) in [6.45, 7) is 3.97. The summed E-state index contributed by atoms with van der Waals surface area (Å²) in [6, 6.07) is 11.5. The second-order valence-electron chi connectivity index (χ2n) is 9.69. The zero-order valence-electron chi connectivity index (χ0n) is 22.3. The van der Waals surface area contributed by atoms with Crippen LogP contribution in [0.4, 0.5) is 0 Å². The van der Waals surface area contributed by atoms with Crippen LogP contribution < -0.4 is 0 Å². The summed E-state index contributed by atoms with van der Waals surface area (Å²) < 4.78 is 34.8. The Morgan fingerprint density at radius 1 is 0.900 bits per heavy atom. The lowest BCUT2D eigenvalue weighted by molar-refractivity contribution is -0.334. The first-order valence-corrected chi connectivity index (χ1v) is 12.8. The summed E-state index contributed by atoms with van der Waals surface area (Å²) >= 11 is 6.53. The number of halogens is 1. The van der Waals surface area contributed by atoms with E-state index in [1.165, 1.54) is 6.92 Å². The van der Waals surface area contributed by atoms with Crippen molar-refractivity contribution >= 4 is 35.5 Å². The Bertz CT molecular complexity index is 1310. The molecule has 11 nitrogen and oxygen atoms in total. The molecule has 4 rings (SSSR count). The summed E-state index contributed by atoms with van der Waals surface area (Å²) in [4.78, 5) is 48.5. The summed E-state index contributed by atoms with van der Waals surface area (Å²) in [6.07, 6.45) is -3.83. The number of hydrogen-bond acceptors (Lipinski definition) is 11. The van der Waals surface area contributed by atoms with Gasteiger partial charge >= 0.3 is 23.9 Å². The fourth-order valence-corrected chi connectivity index (χ4v) is 5.17. The Morgan fingerprint density at radius 2 is 1.52 bits per heavy atom. The highest BCUT2D eigenvalue weighted by atomic mass is 35.5. The molecule has 2 aromatic rings. The molecule has 0 saturated carbocycles. The van der Waals surface area contributed by atoms with Crippen LogP contribution in [0.25, 0.3) is 0 Å². The summed E-state index contributed by atoms with van der Waals surface area (Å²) in [5, 5.41) is 10.1. The predicted molar refractivity (Wildman–Crippen MR) is 137 cm³/mol. The van der Waals surface area contributed by atoms with Gasteiger partial charge in [-0.1, -0.05) is 29.8 Å². The van der Waals surface area contributed by atoms with E-state index in [0.717, 1.165) is 26.3 Å². The summed E-state index contributed by atoms with van der Waals surface area (Å²) in [7, 11) is 0. The number of benzene rings is 2. The first-order chi connectivity index (χ1) is 18.8. The quantitative estimate of drug-likeness (QED) is 0.366. The van der Waals surface area contributed by atoms with Gasteiger partial charge < -0.3 is 33.5 Å². The van der Waals surface area contributed by atoms with Crippen LogP contribution in [-0.4, -0.2) is 66.1 Å². The van der Waals surface area contributed by atoms with Crippen LogP contribution in [0.3, 0.4) is 0 Å². The highest BCUT2D eigenvalue weighted by Crippen LogP contribution is 2.53. The van der Waals surface area contributed by atoms with Gasteiger partial charge in [-0.2, -0.15) is 0 Å². The molecule has 2 heterocycles. The standard InChI is InChI=1S/C28H29ClO11/c1-15(30)35-13-27-14-36-28(40-27,26(39-18(4)33)24(37-16(2)31)25(27)38-17(3)32)21-7-10-23(29)20(12-21)11-19-5-8-22(34)9-6-19/h5-10,12,24-26,34H,11,13-14H2,1-4H3/t24?,25?,26?,27?,28-/m0/s1. The summed E-state index contributed by atoms with van der Waals surface area (Å²) in [5.41, 5.74) is 0.238. The van der Waals surface area contributed by atoms with Crippen molar-refractivity contribution in [2.45, 2.75) is 63.8 Å². The van der Waals surface area contributed by atoms with E-state index in [-0.39, 0.29) is 12.4 Å². The van der Waals surface area contributed by atoms with Crippen LogP contribution in [0.5, 0.6) is 5.75 Å². The smallest absolute Gasteiger partial charge is 0.303 e. The molecular formula is C28H29ClO11. The molecule has 214 valence electrons. The molecule has 0 spiro atoms. The van der Waals surface area contributed by atoms with E-state index in [4.69, 9.17) is 40.0 Å². The third-order valence-corrected chi connectivity index (χ3v) is 6.93. The fraction of sp³-hybridized carbons (Fsp3) is 0.429. The number of rotatable bonds is 8. The monoisotopic (exact) mass is 576 g/mol. The number of carbonyl (C=O) groups excluding carboxylic acids is 4. The molecule has 2 saturated heterocycles. The lowest BCUT2D eigenvalue weighted by Gasteiger charge is -2.49. The van der Waals surface area contributed by atoms with Crippen LogP contribution in [0, 0.1) is 0 Å². The van der Waals surface area contributed by atoms with E-state index in [1.807, 2.05) is 0 Å². The van der Waals surface area contributed by atoms with Gasteiger partial charge in [0.15, 0.2) is 17.8 Å². The first-order valence-electron chi connectivity index (χ1n) is 12.4. The van der Waals surface area contributed by atoms with Crippen molar-refractivity contribution in [1.29, 1.82) is 0 Å². The number of phenolic OH excluding ortho intramolecular Hbond substituents is 1. The second kappa shape index (κ2) is 11.4. The minimum Gasteiger partial charge on any atom is -0.508 e. The number of hydrogen-bond donors (Lipinski definition) is 1. The molecule has 0 aliphatic carbocycles. The number of ether oxygens (including phenoxy) is 6. The molecule has 2 aromatic carbocycles. The van der Waals surface area contributed by atoms with Crippen LogP contribution >= 0.6 is 11.6 Å². The largest absolute Gasteiger partial charge is 0.508 e. The van der Waals surface area contributed by atoms with Crippen molar-refractivity contribution in [2.24, 2.45) is 0 Å². The molecule has 0 amide bonds. The van der Waals surface area contributed by atoms with Gasteiger partial charge in [0, 0.05) is 38.3 Å². The molecule has 0 radical (unpaired) electrons. The Hall–Kier alpha value is -3.67.